The van der Waals surface area contributed by atoms with Gasteiger partial charge in [0.15, 0.2) is 0 Å². The summed E-state index contributed by atoms with van der Waals surface area (Å²) in [6.07, 6.45) is 8.04. The third kappa shape index (κ3) is 6.12. The van der Waals surface area contributed by atoms with Gasteiger partial charge in [-0.3, -0.25) is 24.4 Å². The van der Waals surface area contributed by atoms with E-state index >= 15 is 0 Å². The molecule has 0 atom stereocenters. The van der Waals surface area contributed by atoms with Gasteiger partial charge in [-0.15, -0.1) is 0 Å². The summed E-state index contributed by atoms with van der Waals surface area (Å²) in [4.78, 5) is 34.0. The van der Waals surface area contributed by atoms with Crippen molar-refractivity contribution < 1.29 is 9.59 Å². The van der Waals surface area contributed by atoms with Gasteiger partial charge in [-0.2, -0.15) is 0 Å². The molecule has 4 rings (SSSR count). The molecule has 2 heterocycles. The van der Waals surface area contributed by atoms with Crippen molar-refractivity contribution in [3.05, 3.63) is 59.9 Å². The van der Waals surface area contributed by atoms with Gasteiger partial charge in [-0.1, -0.05) is 25.0 Å². The molecule has 2 fully saturated rings. The van der Waals surface area contributed by atoms with Gasteiger partial charge >= 0.3 is 0 Å². The maximum atomic E-state index is 12.7. The number of carbonyl (C=O) groups excluding carboxylic acids is 2. The minimum Gasteiger partial charge on any atom is -0.349 e. The second-order valence-electron chi connectivity index (χ2n) is 8.46. The monoisotopic (exact) mass is 421 g/mol. The first-order chi connectivity index (χ1) is 15.2. The van der Waals surface area contributed by atoms with Crippen LogP contribution in [0.2, 0.25) is 0 Å². The molecule has 2 N–H and O–H groups in total. The summed E-state index contributed by atoms with van der Waals surface area (Å²) < 4.78 is 0. The summed E-state index contributed by atoms with van der Waals surface area (Å²) in [5, 5.41) is 6.06. The van der Waals surface area contributed by atoms with E-state index in [0.717, 1.165) is 45.6 Å². The quantitative estimate of drug-likeness (QED) is 0.718. The van der Waals surface area contributed by atoms with Gasteiger partial charge in [0.1, 0.15) is 0 Å². The molecule has 1 saturated heterocycles. The van der Waals surface area contributed by atoms with Crippen LogP contribution in [0.4, 0.5) is 5.69 Å². The first kappa shape index (κ1) is 21.5. The van der Waals surface area contributed by atoms with Crippen molar-refractivity contribution in [3.63, 3.8) is 0 Å². The number of rotatable bonds is 7. The molecule has 2 aromatic rings. The second-order valence-corrected chi connectivity index (χ2v) is 8.46. The summed E-state index contributed by atoms with van der Waals surface area (Å²) in [5.74, 6) is -0.184. The van der Waals surface area contributed by atoms with Crippen molar-refractivity contribution in [2.45, 2.75) is 38.3 Å². The highest BCUT2D eigenvalue weighted by atomic mass is 16.2. The van der Waals surface area contributed by atoms with Crippen LogP contribution >= 0.6 is 0 Å². The number of hydrogen-bond acceptors (Lipinski definition) is 5. The summed E-state index contributed by atoms with van der Waals surface area (Å²) in [6, 6.07) is 11.6. The van der Waals surface area contributed by atoms with Gasteiger partial charge in [-0.05, 0) is 42.7 Å². The molecular weight excluding hydrogens is 390 g/mol. The lowest BCUT2D eigenvalue weighted by atomic mass is 10.1. The van der Waals surface area contributed by atoms with Crippen molar-refractivity contribution in [2.75, 3.05) is 38.0 Å². The smallest absolute Gasteiger partial charge is 0.253 e. The molecular formula is C24H31N5O2. The summed E-state index contributed by atoms with van der Waals surface area (Å²) in [5.41, 5.74) is 2.37. The van der Waals surface area contributed by atoms with Crippen LogP contribution < -0.4 is 10.6 Å². The van der Waals surface area contributed by atoms with Crippen molar-refractivity contribution in [3.8, 4) is 0 Å². The average molecular weight is 422 g/mol. The number of piperazine rings is 1. The molecule has 1 aliphatic heterocycles. The molecule has 1 aliphatic carbocycles. The highest BCUT2D eigenvalue weighted by molar-refractivity contribution is 6.04. The van der Waals surface area contributed by atoms with E-state index in [0.29, 0.717) is 17.8 Å². The Morgan fingerprint density at radius 1 is 0.935 bits per heavy atom. The zero-order valence-corrected chi connectivity index (χ0v) is 17.9. The van der Waals surface area contributed by atoms with E-state index in [-0.39, 0.29) is 17.9 Å². The zero-order valence-electron chi connectivity index (χ0n) is 17.9. The van der Waals surface area contributed by atoms with E-state index in [9.17, 15) is 9.59 Å². The molecule has 0 radical (unpaired) electrons. The van der Waals surface area contributed by atoms with Crippen molar-refractivity contribution in [1.82, 2.24) is 20.1 Å². The number of pyridine rings is 1. The Labute approximate surface area is 183 Å². The first-order valence-corrected chi connectivity index (χ1v) is 11.2. The summed E-state index contributed by atoms with van der Waals surface area (Å²) in [7, 11) is 0. The normalized spacial score (nSPS) is 18.1. The fourth-order valence-electron chi connectivity index (χ4n) is 4.37. The molecule has 7 heteroatoms. The number of nitrogens with one attached hydrogen (secondary N) is 2. The number of para-hydroxylation sites is 1. The number of nitrogens with zero attached hydrogens (tertiary/aromatic N) is 3. The molecule has 1 aromatic heterocycles. The molecule has 2 aliphatic rings. The second kappa shape index (κ2) is 10.5. The minimum atomic E-state index is -0.104. The lowest BCUT2D eigenvalue weighted by Gasteiger charge is -2.34. The molecule has 1 saturated carbocycles. The fraction of sp³-hybridized carbons (Fsp3) is 0.458. The SMILES string of the molecule is O=C(CN1CCN(Cc2ccncc2)CC1)Nc1ccccc1C(=O)NC1CCCC1. The Morgan fingerprint density at radius 3 is 2.35 bits per heavy atom. The van der Waals surface area contributed by atoms with Crippen LogP contribution in [0.15, 0.2) is 48.8 Å². The van der Waals surface area contributed by atoms with Gasteiger partial charge in [-0.25, -0.2) is 0 Å². The Hall–Kier alpha value is -2.77. The Kier molecular flexibility index (Phi) is 7.27. The maximum absolute atomic E-state index is 12.7. The van der Waals surface area contributed by atoms with E-state index in [4.69, 9.17) is 0 Å². The maximum Gasteiger partial charge on any atom is 0.253 e. The topological polar surface area (TPSA) is 77.6 Å². The fourth-order valence-corrected chi connectivity index (χ4v) is 4.37. The molecule has 7 nitrogen and oxygen atoms in total. The summed E-state index contributed by atoms with van der Waals surface area (Å²) >= 11 is 0. The number of hydrogen-bond donors (Lipinski definition) is 2. The number of benzene rings is 1. The Bertz CT molecular complexity index is 875. The third-order valence-electron chi connectivity index (χ3n) is 6.12. The third-order valence-corrected chi connectivity index (χ3v) is 6.12. The van der Waals surface area contributed by atoms with E-state index in [1.165, 1.54) is 18.4 Å². The minimum absolute atomic E-state index is 0.0799. The van der Waals surface area contributed by atoms with Gasteiger partial charge in [0.05, 0.1) is 17.8 Å². The highest BCUT2D eigenvalue weighted by Gasteiger charge is 2.22. The van der Waals surface area contributed by atoms with Gasteiger partial charge in [0, 0.05) is 51.2 Å². The number of anilines is 1. The average Bonchev–Trinajstić information content (AvgIpc) is 3.29. The van der Waals surface area contributed by atoms with Gasteiger partial charge in [0.25, 0.3) is 5.91 Å². The van der Waals surface area contributed by atoms with E-state index < -0.39 is 0 Å². The van der Waals surface area contributed by atoms with E-state index in [1.54, 1.807) is 12.1 Å². The molecule has 0 spiro atoms. The molecule has 0 unspecified atom stereocenters. The van der Waals surface area contributed by atoms with Crippen molar-refractivity contribution in [2.24, 2.45) is 0 Å². The lowest BCUT2D eigenvalue weighted by molar-refractivity contribution is -0.117. The van der Waals surface area contributed by atoms with Crippen molar-refractivity contribution >= 4 is 17.5 Å². The standard InChI is InChI=1S/C24H31N5O2/c30-23(18-29-15-13-28(14-16-29)17-19-9-11-25-12-10-19)27-22-8-4-3-7-21(22)24(31)26-20-5-1-2-6-20/h3-4,7-12,20H,1-2,5-6,13-18H2,(H,26,31)(H,27,30). The highest BCUT2D eigenvalue weighted by Crippen LogP contribution is 2.20. The van der Waals surface area contributed by atoms with Crippen LogP contribution in [0.25, 0.3) is 0 Å². The predicted molar refractivity (Wildman–Crippen MR) is 121 cm³/mol. The van der Waals surface area contributed by atoms with Crippen LogP contribution in [-0.4, -0.2) is 65.4 Å². The lowest BCUT2D eigenvalue weighted by Crippen LogP contribution is -2.48. The molecule has 0 bridgehead atoms. The Morgan fingerprint density at radius 2 is 1.61 bits per heavy atom. The molecule has 164 valence electrons. The van der Waals surface area contributed by atoms with Crippen LogP contribution in [0.5, 0.6) is 0 Å². The van der Waals surface area contributed by atoms with Crippen LogP contribution in [0.3, 0.4) is 0 Å². The predicted octanol–water partition coefficient (Wildman–Crippen LogP) is 2.51. The van der Waals surface area contributed by atoms with E-state index in [1.807, 2.05) is 36.7 Å². The van der Waals surface area contributed by atoms with Gasteiger partial charge in [0.2, 0.25) is 5.91 Å². The van der Waals surface area contributed by atoms with E-state index in [2.05, 4.69) is 25.4 Å². The van der Waals surface area contributed by atoms with Crippen LogP contribution in [0, 0.1) is 0 Å². The van der Waals surface area contributed by atoms with Crippen LogP contribution in [0.1, 0.15) is 41.6 Å². The molecule has 31 heavy (non-hydrogen) atoms. The van der Waals surface area contributed by atoms with Crippen molar-refractivity contribution in [1.29, 1.82) is 0 Å². The number of carbonyl (C=O) groups is 2. The van der Waals surface area contributed by atoms with Gasteiger partial charge < -0.3 is 10.6 Å². The number of aromatic nitrogens is 1. The summed E-state index contributed by atoms with van der Waals surface area (Å²) in [6.45, 7) is 4.80. The largest absolute Gasteiger partial charge is 0.349 e. The number of amides is 2. The molecule has 2 amide bonds. The van der Waals surface area contributed by atoms with Crippen LogP contribution in [-0.2, 0) is 11.3 Å². The molecule has 1 aromatic carbocycles. The zero-order chi connectivity index (χ0) is 21.5. The Balaban J connectivity index is 1.26. The first-order valence-electron chi connectivity index (χ1n) is 11.2.